The van der Waals surface area contributed by atoms with Gasteiger partial charge in [-0.15, -0.1) is 0 Å². The minimum Gasteiger partial charge on any atom is -0.396 e. The first-order valence-corrected chi connectivity index (χ1v) is 5.72. The Morgan fingerprint density at radius 2 is 2.00 bits per heavy atom. The van der Waals surface area contributed by atoms with Gasteiger partial charge in [0.25, 0.3) is 0 Å². The molecule has 0 radical (unpaired) electrons. The van der Waals surface area contributed by atoms with Gasteiger partial charge in [-0.3, -0.25) is 0 Å². The Labute approximate surface area is 107 Å². The van der Waals surface area contributed by atoms with Crippen LogP contribution in [0, 0.1) is 5.82 Å². The molecular weight excluding hydrogens is 253 g/mol. The summed E-state index contributed by atoms with van der Waals surface area (Å²) in [5.74, 6) is 0.205. The summed E-state index contributed by atoms with van der Waals surface area (Å²) in [5.41, 5.74) is 8.02. The van der Waals surface area contributed by atoms with Gasteiger partial charge < -0.3 is 10.7 Å². The Morgan fingerprint density at radius 1 is 1.17 bits per heavy atom. The molecule has 3 aromatic rings. The third kappa shape index (κ3) is 1.80. The molecule has 0 aliphatic carbocycles. The van der Waals surface area contributed by atoms with Crippen LogP contribution in [0.15, 0.2) is 36.4 Å². The number of hydrogen-bond donors (Lipinski definition) is 2. The number of nitrogens with two attached hydrogens (primary N) is 1. The molecule has 1 heterocycles. The van der Waals surface area contributed by atoms with Crippen LogP contribution in [0.5, 0.6) is 0 Å². The van der Waals surface area contributed by atoms with E-state index in [9.17, 15) is 4.39 Å². The Morgan fingerprint density at radius 3 is 2.78 bits per heavy atom. The van der Waals surface area contributed by atoms with Crippen molar-refractivity contribution in [3.05, 3.63) is 47.2 Å². The van der Waals surface area contributed by atoms with E-state index in [1.165, 1.54) is 6.07 Å². The second kappa shape index (κ2) is 3.99. The smallest absolute Gasteiger partial charge is 0.146 e. The summed E-state index contributed by atoms with van der Waals surface area (Å²) in [5, 5.41) is 0.635. The number of rotatable bonds is 1. The topological polar surface area (TPSA) is 54.7 Å². The van der Waals surface area contributed by atoms with Gasteiger partial charge in [0.1, 0.15) is 11.6 Å². The van der Waals surface area contributed by atoms with E-state index in [2.05, 4.69) is 9.97 Å². The van der Waals surface area contributed by atoms with Gasteiger partial charge in [-0.25, -0.2) is 9.37 Å². The molecule has 0 aliphatic heterocycles. The standard InChI is InChI=1S/C13H9ClFN3/c14-8-2-4-11-12(6-8)18-13(17-11)7-1-3-9(15)10(16)5-7/h1-6H,16H2,(H,17,18). The molecule has 90 valence electrons. The van der Waals surface area contributed by atoms with Crippen molar-refractivity contribution in [3.63, 3.8) is 0 Å². The number of H-pyrrole nitrogens is 1. The van der Waals surface area contributed by atoms with Crippen molar-refractivity contribution in [1.29, 1.82) is 0 Å². The summed E-state index contributed by atoms with van der Waals surface area (Å²) in [6.07, 6.45) is 0. The fourth-order valence-electron chi connectivity index (χ4n) is 1.81. The summed E-state index contributed by atoms with van der Waals surface area (Å²) in [6.45, 7) is 0. The second-order valence-electron chi connectivity index (χ2n) is 3.98. The lowest BCUT2D eigenvalue weighted by atomic mass is 10.2. The predicted molar refractivity (Wildman–Crippen MR) is 70.9 cm³/mol. The maximum absolute atomic E-state index is 13.1. The van der Waals surface area contributed by atoms with Crippen LogP contribution in [0.1, 0.15) is 0 Å². The molecule has 3 nitrogen and oxygen atoms in total. The van der Waals surface area contributed by atoms with E-state index < -0.39 is 5.82 Å². The molecule has 0 atom stereocenters. The molecule has 0 saturated heterocycles. The van der Waals surface area contributed by atoms with Crippen LogP contribution >= 0.6 is 11.6 Å². The highest BCUT2D eigenvalue weighted by molar-refractivity contribution is 6.31. The number of anilines is 1. The van der Waals surface area contributed by atoms with Gasteiger partial charge in [0.2, 0.25) is 0 Å². The van der Waals surface area contributed by atoms with Crippen LogP contribution in [-0.2, 0) is 0 Å². The molecule has 18 heavy (non-hydrogen) atoms. The first-order chi connectivity index (χ1) is 8.63. The first-order valence-electron chi connectivity index (χ1n) is 5.34. The van der Waals surface area contributed by atoms with Gasteiger partial charge in [0.15, 0.2) is 0 Å². The van der Waals surface area contributed by atoms with Crippen molar-refractivity contribution in [2.75, 3.05) is 5.73 Å². The van der Waals surface area contributed by atoms with E-state index in [0.29, 0.717) is 10.8 Å². The van der Waals surface area contributed by atoms with Gasteiger partial charge in [-0.05, 0) is 36.4 Å². The van der Waals surface area contributed by atoms with Crippen LogP contribution in [0.4, 0.5) is 10.1 Å². The number of imidazole rings is 1. The summed E-state index contributed by atoms with van der Waals surface area (Å²) >= 11 is 5.90. The first kappa shape index (κ1) is 11.0. The van der Waals surface area contributed by atoms with E-state index in [-0.39, 0.29) is 5.69 Å². The SMILES string of the molecule is Nc1cc(-c2nc3ccc(Cl)cc3[nH]2)ccc1F. The van der Waals surface area contributed by atoms with E-state index in [0.717, 1.165) is 16.6 Å². The summed E-state index contributed by atoms with van der Waals surface area (Å²) in [6, 6.07) is 9.89. The average Bonchev–Trinajstić information content (AvgIpc) is 2.75. The van der Waals surface area contributed by atoms with Crippen molar-refractivity contribution in [1.82, 2.24) is 9.97 Å². The van der Waals surface area contributed by atoms with Gasteiger partial charge in [0, 0.05) is 10.6 Å². The molecule has 0 bridgehead atoms. The largest absolute Gasteiger partial charge is 0.396 e. The molecule has 3 rings (SSSR count). The van der Waals surface area contributed by atoms with Gasteiger partial charge >= 0.3 is 0 Å². The molecule has 0 saturated carbocycles. The second-order valence-corrected chi connectivity index (χ2v) is 4.42. The summed E-state index contributed by atoms with van der Waals surface area (Å²) in [7, 11) is 0. The highest BCUT2D eigenvalue weighted by atomic mass is 35.5. The maximum atomic E-state index is 13.1. The van der Waals surface area contributed by atoms with Crippen molar-refractivity contribution in [2.24, 2.45) is 0 Å². The highest BCUT2D eigenvalue weighted by Crippen LogP contribution is 2.25. The molecule has 0 spiro atoms. The number of aromatic amines is 1. The van der Waals surface area contributed by atoms with Gasteiger partial charge in [-0.1, -0.05) is 11.6 Å². The van der Waals surface area contributed by atoms with Gasteiger partial charge in [-0.2, -0.15) is 0 Å². The molecule has 1 aromatic heterocycles. The molecule has 2 aromatic carbocycles. The Hall–Kier alpha value is -2.07. The number of benzene rings is 2. The molecule has 0 fully saturated rings. The fraction of sp³-hybridized carbons (Fsp3) is 0. The van der Waals surface area contributed by atoms with Crippen LogP contribution in [0.2, 0.25) is 5.02 Å². The third-order valence-electron chi connectivity index (χ3n) is 2.71. The summed E-state index contributed by atoms with van der Waals surface area (Å²) < 4.78 is 13.1. The number of nitrogen functional groups attached to an aromatic ring is 1. The van der Waals surface area contributed by atoms with Crippen molar-refractivity contribution in [3.8, 4) is 11.4 Å². The quantitative estimate of drug-likeness (QED) is 0.658. The fourth-order valence-corrected chi connectivity index (χ4v) is 1.98. The maximum Gasteiger partial charge on any atom is 0.146 e. The Kier molecular flexibility index (Phi) is 2.45. The monoisotopic (exact) mass is 261 g/mol. The van der Waals surface area contributed by atoms with Crippen molar-refractivity contribution < 1.29 is 4.39 Å². The molecule has 0 amide bonds. The zero-order valence-electron chi connectivity index (χ0n) is 9.24. The minimum atomic E-state index is -0.432. The van der Waals surface area contributed by atoms with E-state index in [1.54, 1.807) is 24.3 Å². The molecular formula is C13H9ClFN3. The number of fused-ring (bicyclic) bond motifs is 1. The van der Waals surface area contributed by atoms with Crippen LogP contribution in [-0.4, -0.2) is 9.97 Å². The Balaban J connectivity index is 2.16. The predicted octanol–water partition coefficient (Wildman–Crippen LogP) is 3.60. The van der Waals surface area contributed by atoms with Crippen molar-refractivity contribution in [2.45, 2.75) is 0 Å². The van der Waals surface area contributed by atoms with Gasteiger partial charge in [0.05, 0.1) is 16.7 Å². The molecule has 5 heteroatoms. The number of aromatic nitrogens is 2. The number of nitrogens with one attached hydrogen (secondary N) is 1. The van der Waals surface area contributed by atoms with E-state index in [1.807, 2.05) is 6.07 Å². The normalized spacial score (nSPS) is 11.0. The Bertz CT molecular complexity index is 736. The summed E-state index contributed by atoms with van der Waals surface area (Å²) in [4.78, 5) is 7.53. The minimum absolute atomic E-state index is 0.103. The van der Waals surface area contributed by atoms with E-state index >= 15 is 0 Å². The molecule has 3 N–H and O–H groups in total. The van der Waals surface area contributed by atoms with Crippen LogP contribution < -0.4 is 5.73 Å². The zero-order chi connectivity index (χ0) is 12.7. The molecule has 0 aliphatic rings. The molecule has 0 unspecified atom stereocenters. The number of hydrogen-bond acceptors (Lipinski definition) is 2. The lowest BCUT2D eigenvalue weighted by molar-refractivity contribution is 0.632. The van der Waals surface area contributed by atoms with E-state index in [4.69, 9.17) is 17.3 Å². The average molecular weight is 262 g/mol. The number of nitrogens with zero attached hydrogens (tertiary/aromatic N) is 1. The lowest BCUT2D eigenvalue weighted by Crippen LogP contribution is -1.91. The highest BCUT2D eigenvalue weighted by Gasteiger charge is 2.07. The zero-order valence-corrected chi connectivity index (χ0v) is 10.0. The number of halogens is 2. The van der Waals surface area contributed by atoms with Crippen LogP contribution in [0.25, 0.3) is 22.4 Å². The lowest BCUT2D eigenvalue weighted by Gasteiger charge is -1.99. The third-order valence-corrected chi connectivity index (χ3v) is 2.95. The van der Waals surface area contributed by atoms with Crippen molar-refractivity contribution >= 4 is 28.3 Å². The van der Waals surface area contributed by atoms with Crippen LogP contribution in [0.3, 0.4) is 0 Å².